The average molecular weight is 301 g/mol. The van der Waals surface area contributed by atoms with Crippen molar-refractivity contribution < 1.29 is 4.79 Å². The van der Waals surface area contributed by atoms with Gasteiger partial charge in [0.25, 0.3) is 5.91 Å². The Bertz CT molecular complexity index is 631. The second-order valence-corrected chi connectivity index (χ2v) is 6.74. The van der Waals surface area contributed by atoms with Crippen LogP contribution in [0.15, 0.2) is 18.2 Å². The largest absolute Gasteiger partial charge is 0.350 e. The van der Waals surface area contributed by atoms with Crippen molar-refractivity contribution in [1.82, 2.24) is 5.43 Å². The Balaban J connectivity index is 2.68. The summed E-state index contributed by atoms with van der Waals surface area (Å²) in [6.45, 7) is 12.7. The van der Waals surface area contributed by atoms with Crippen LogP contribution in [0.2, 0.25) is 0 Å². The number of carbonyl (C=O) groups excluding carboxylic acids is 1. The summed E-state index contributed by atoms with van der Waals surface area (Å²) in [5.41, 5.74) is 8.14. The highest BCUT2D eigenvalue weighted by atomic mass is 16.2. The summed E-state index contributed by atoms with van der Waals surface area (Å²) in [5, 5.41) is 0. The van der Waals surface area contributed by atoms with Crippen molar-refractivity contribution in [1.29, 1.82) is 0 Å². The number of benzene rings is 1. The number of nitrogens with zero attached hydrogens (tertiary/aromatic N) is 1. The minimum atomic E-state index is -0.287. The van der Waals surface area contributed by atoms with Crippen LogP contribution < -0.4 is 16.2 Å². The SMILES string of the molecule is CC[C@H](C(=O)NN)N1c2cc(C)c(C)cc2C(C)=CC1(C)C. The van der Waals surface area contributed by atoms with Crippen LogP contribution in [0.25, 0.3) is 5.57 Å². The topological polar surface area (TPSA) is 58.4 Å². The van der Waals surface area contributed by atoms with Gasteiger partial charge in [0.2, 0.25) is 0 Å². The fraction of sp³-hybridized carbons (Fsp3) is 0.500. The van der Waals surface area contributed by atoms with E-state index in [1.54, 1.807) is 0 Å². The van der Waals surface area contributed by atoms with Crippen LogP contribution in [0.5, 0.6) is 0 Å². The zero-order valence-corrected chi connectivity index (χ0v) is 14.4. The molecule has 4 nitrogen and oxygen atoms in total. The predicted molar refractivity (Wildman–Crippen MR) is 92.5 cm³/mol. The molecule has 1 aromatic carbocycles. The third-order valence-corrected chi connectivity index (χ3v) is 4.63. The van der Waals surface area contributed by atoms with E-state index in [-0.39, 0.29) is 17.5 Å². The first-order chi connectivity index (χ1) is 10.2. The van der Waals surface area contributed by atoms with Gasteiger partial charge in [-0.15, -0.1) is 0 Å². The lowest BCUT2D eigenvalue weighted by Gasteiger charge is -2.47. The molecule has 1 aliphatic rings. The number of rotatable bonds is 3. The molecule has 0 spiro atoms. The number of anilines is 1. The summed E-state index contributed by atoms with van der Waals surface area (Å²) in [6.07, 6.45) is 2.93. The fourth-order valence-corrected chi connectivity index (χ4v) is 3.45. The standard InChI is InChI=1S/C18H27N3O/c1-7-15(17(22)20-19)21-16-9-12(3)11(2)8-14(16)13(4)10-18(21,5)6/h8-10,15H,7,19H2,1-6H3,(H,20,22)/t15-/m1/s1. The van der Waals surface area contributed by atoms with E-state index >= 15 is 0 Å². The third-order valence-electron chi connectivity index (χ3n) is 4.63. The molecule has 1 heterocycles. The zero-order valence-electron chi connectivity index (χ0n) is 14.4. The normalized spacial score (nSPS) is 17.6. The number of fused-ring (bicyclic) bond motifs is 1. The van der Waals surface area contributed by atoms with Crippen LogP contribution in [-0.4, -0.2) is 17.5 Å². The van der Waals surface area contributed by atoms with E-state index in [9.17, 15) is 4.79 Å². The monoisotopic (exact) mass is 301 g/mol. The van der Waals surface area contributed by atoms with Crippen molar-refractivity contribution in [3.8, 4) is 0 Å². The van der Waals surface area contributed by atoms with Gasteiger partial charge in [0.15, 0.2) is 0 Å². The number of aryl methyl sites for hydroxylation is 2. The minimum absolute atomic E-state index is 0.146. The smallest absolute Gasteiger partial charge is 0.256 e. The molecule has 3 N–H and O–H groups in total. The van der Waals surface area contributed by atoms with Crippen LogP contribution in [0, 0.1) is 13.8 Å². The van der Waals surface area contributed by atoms with Gasteiger partial charge in [-0.2, -0.15) is 0 Å². The number of carbonyl (C=O) groups is 1. The lowest BCUT2D eigenvalue weighted by atomic mass is 9.85. The molecule has 0 radical (unpaired) electrons. The van der Waals surface area contributed by atoms with Gasteiger partial charge < -0.3 is 4.90 Å². The van der Waals surface area contributed by atoms with Crippen molar-refractivity contribution in [3.05, 3.63) is 34.9 Å². The van der Waals surface area contributed by atoms with E-state index in [0.29, 0.717) is 6.42 Å². The number of hydrogen-bond donors (Lipinski definition) is 2. The molecule has 22 heavy (non-hydrogen) atoms. The Hall–Kier alpha value is -1.81. The number of hydrogen-bond acceptors (Lipinski definition) is 3. The van der Waals surface area contributed by atoms with E-state index in [2.05, 4.69) is 63.2 Å². The number of nitrogens with two attached hydrogens (primary N) is 1. The Kier molecular flexibility index (Phi) is 4.34. The Morgan fingerprint density at radius 3 is 2.41 bits per heavy atom. The zero-order chi connectivity index (χ0) is 16.7. The maximum atomic E-state index is 12.3. The predicted octanol–water partition coefficient (Wildman–Crippen LogP) is 3.07. The minimum Gasteiger partial charge on any atom is -0.350 e. The van der Waals surface area contributed by atoms with E-state index in [0.717, 1.165) is 5.69 Å². The van der Waals surface area contributed by atoms with Crippen LogP contribution >= 0.6 is 0 Å². The van der Waals surface area contributed by atoms with Gasteiger partial charge in [-0.05, 0) is 69.9 Å². The van der Waals surface area contributed by atoms with Crippen molar-refractivity contribution >= 4 is 17.2 Å². The molecule has 0 saturated carbocycles. The number of amides is 1. The quantitative estimate of drug-likeness (QED) is 0.512. The van der Waals surface area contributed by atoms with Gasteiger partial charge in [0.1, 0.15) is 6.04 Å². The molecular weight excluding hydrogens is 274 g/mol. The molecule has 1 aliphatic heterocycles. The summed E-state index contributed by atoms with van der Waals surface area (Å²) in [5.74, 6) is 5.26. The summed E-state index contributed by atoms with van der Waals surface area (Å²) in [4.78, 5) is 14.5. The van der Waals surface area contributed by atoms with Crippen molar-refractivity contribution in [2.75, 3.05) is 4.90 Å². The maximum absolute atomic E-state index is 12.3. The highest BCUT2D eigenvalue weighted by Crippen LogP contribution is 2.41. The van der Waals surface area contributed by atoms with Crippen molar-refractivity contribution in [3.63, 3.8) is 0 Å². The number of nitrogens with one attached hydrogen (secondary N) is 1. The summed E-state index contributed by atoms with van der Waals surface area (Å²) in [6, 6.07) is 4.12. The maximum Gasteiger partial charge on any atom is 0.256 e. The first-order valence-electron chi connectivity index (χ1n) is 7.83. The highest BCUT2D eigenvalue weighted by molar-refractivity contribution is 5.90. The van der Waals surface area contributed by atoms with Crippen LogP contribution in [0.1, 0.15) is 50.8 Å². The molecule has 0 aromatic heterocycles. The van der Waals surface area contributed by atoms with Crippen molar-refractivity contribution in [2.24, 2.45) is 5.84 Å². The summed E-state index contributed by atoms with van der Waals surface area (Å²) >= 11 is 0. The molecule has 0 aliphatic carbocycles. The van der Waals surface area contributed by atoms with Gasteiger partial charge in [-0.3, -0.25) is 10.2 Å². The van der Waals surface area contributed by atoms with Gasteiger partial charge in [-0.25, -0.2) is 5.84 Å². The van der Waals surface area contributed by atoms with Crippen molar-refractivity contribution in [2.45, 2.75) is 59.5 Å². The van der Waals surface area contributed by atoms with E-state index in [1.165, 1.54) is 22.3 Å². The first kappa shape index (κ1) is 16.6. The van der Waals surface area contributed by atoms with Gasteiger partial charge in [0, 0.05) is 11.3 Å². The van der Waals surface area contributed by atoms with E-state index in [1.807, 2.05) is 6.92 Å². The average Bonchev–Trinajstić information content (AvgIpc) is 2.44. The Labute approximate surface area is 133 Å². The summed E-state index contributed by atoms with van der Waals surface area (Å²) in [7, 11) is 0. The van der Waals surface area contributed by atoms with Crippen LogP contribution in [0.3, 0.4) is 0 Å². The molecule has 2 rings (SSSR count). The van der Waals surface area contributed by atoms with Crippen LogP contribution in [0.4, 0.5) is 5.69 Å². The van der Waals surface area contributed by atoms with E-state index in [4.69, 9.17) is 5.84 Å². The molecule has 1 atom stereocenters. The molecule has 0 bridgehead atoms. The lowest BCUT2D eigenvalue weighted by Crippen LogP contribution is -2.57. The second kappa shape index (κ2) is 5.76. The first-order valence-corrected chi connectivity index (χ1v) is 7.83. The second-order valence-electron chi connectivity index (χ2n) is 6.74. The van der Waals surface area contributed by atoms with Gasteiger partial charge in [-0.1, -0.05) is 13.0 Å². The molecule has 4 heteroatoms. The highest BCUT2D eigenvalue weighted by Gasteiger charge is 2.38. The van der Waals surface area contributed by atoms with Gasteiger partial charge >= 0.3 is 0 Å². The molecule has 0 saturated heterocycles. The third kappa shape index (κ3) is 2.63. The van der Waals surface area contributed by atoms with Gasteiger partial charge in [0.05, 0.1) is 5.54 Å². The lowest BCUT2D eigenvalue weighted by molar-refractivity contribution is -0.122. The summed E-state index contributed by atoms with van der Waals surface area (Å²) < 4.78 is 0. The molecule has 0 fully saturated rings. The van der Waals surface area contributed by atoms with Crippen LogP contribution in [-0.2, 0) is 4.79 Å². The number of allylic oxidation sites excluding steroid dienone is 1. The Morgan fingerprint density at radius 1 is 1.27 bits per heavy atom. The molecular formula is C18H27N3O. The van der Waals surface area contributed by atoms with E-state index < -0.39 is 0 Å². The fourth-order valence-electron chi connectivity index (χ4n) is 3.45. The Morgan fingerprint density at radius 2 is 1.86 bits per heavy atom. The molecule has 1 aromatic rings. The molecule has 1 amide bonds. The molecule has 0 unspecified atom stereocenters. The molecule has 120 valence electrons. The number of hydrazine groups is 1.